The zero-order chi connectivity index (χ0) is 9.02. The maximum Gasteiger partial charge on any atom is 0.123 e. The fraction of sp³-hybridized carbons (Fsp3) is 0.923. The van der Waals surface area contributed by atoms with Crippen LogP contribution < -0.4 is 0 Å². The molecule has 5 rings (SSSR count). The summed E-state index contributed by atoms with van der Waals surface area (Å²) in [5, 5.41) is 0. The van der Waals surface area contributed by atoms with Crippen LogP contribution in [0.5, 0.6) is 0 Å². The van der Waals surface area contributed by atoms with E-state index < -0.39 is 0 Å². The first-order chi connectivity index (χ1) is 6.92. The van der Waals surface area contributed by atoms with Crippen molar-refractivity contribution in [2.24, 2.45) is 53.3 Å². The number of aldehydes is 1. The van der Waals surface area contributed by atoms with Crippen molar-refractivity contribution in [2.45, 2.75) is 19.3 Å². The van der Waals surface area contributed by atoms with E-state index in [1.165, 1.54) is 19.1 Å². The maximum atomic E-state index is 10.8. The normalized spacial score (nSPS) is 75.3. The minimum absolute atomic E-state index is 0.487. The van der Waals surface area contributed by atoms with Gasteiger partial charge in [0.05, 0.1) is 0 Å². The molecule has 1 nitrogen and oxygen atoms in total. The molecule has 5 aliphatic rings. The fourth-order valence-corrected chi connectivity index (χ4v) is 6.20. The number of carbonyl (C=O) groups excluding carboxylic acids is 1. The molecule has 0 saturated heterocycles. The third kappa shape index (κ3) is 0.445. The van der Waals surface area contributed by atoms with Crippen molar-refractivity contribution in [2.75, 3.05) is 0 Å². The molecule has 0 aliphatic heterocycles. The van der Waals surface area contributed by atoms with E-state index in [0.29, 0.717) is 5.92 Å². The van der Waals surface area contributed by atoms with Gasteiger partial charge < -0.3 is 4.79 Å². The van der Waals surface area contributed by atoms with Crippen molar-refractivity contribution in [3.63, 3.8) is 0 Å². The second-order valence-electron chi connectivity index (χ2n) is 6.49. The van der Waals surface area contributed by atoms with Crippen LogP contribution in [0.3, 0.4) is 0 Å². The highest BCUT2D eigenvalue weighted by molar-refractivity contribution is 5.58. The lowest BCUT2D eigenvalue weighted by Crippen LogP contribution is -2.80. The Balaban J connectivity index is 1.45. The van der Waals surface area contributed by atoms with Gasteiger partial charge in [-0.25, -0.2) is 0 Å². The highest BCUT2D eigenvalue weighted by Crippen LogP contribution is 2.83. The second-order valence-corrected chi connectivity index (χ2v) is 6.49. The van der Waals surface area contributed by atoms with Crippen LogP contribution in [-0.4, -0.2) is 6.29 Å². The molecule has 0 bridgehead atoms. The van der Waals surface area contributed by atoms with Crippen molar-refractivity contribution in [3.8, 4) is 0 Å². The summed E-state index contributed by atoms with van der Waals surface area (Å²) >= 11 is 0. The topological polar surface area (TPSA) is 17.1 Å². The smallest absolute Gasteiger partial charge is 0.123 e. The number of rotatable bonds is 1. The third-order valence-electron chi connectivity index (χ3n) is 6.80. The van der Waals surface area contributed by atoms with E-state index in [1.807, 2.05) is 0 Å². The van der Waals surface area contributed by atoms with Gasteiger partial charge in [0.25, 0.3) is 0 Å². The summed E-state index contributed by atoms with van der Waals surface area (Å²) in [5.74, 6) is 9.10. The zero-order valence-electron chi connectivity index (χ0n) is 8.30. The first-order valence-electron chi connectivity index (χ1n) is 6.37. The van der Waals surface area contributed by atoms with Gasteiger partial charge in [-0.15, -0.1) is 0 Å². The van der Waals surface area contributed by atoms with Crippen molar-refractivity contribution in [1.82, 2.24) is 0 Å². The Morgan fingerprint density at radius 2 is 1.43 bits per heavy atom. The molecule has 0 heterocycles. The van der Waals surface area contributed by atoms with E-state index in [-0.39, 0.29) is 0 Å². The van der Waals surface area contributed by atoms with Gasteiger partial charge in [-0.2, -0.15) is 0 Å². The Hall–Kier alpha value is -0.330. The summed E-state index contributed by atoms with van der Waals surface area (Å²) < 4.78 is 0. The molecule has 0 spiro atoms. The third-order valence-corrected chi connectivity index (χ3v) is 6.80. The van der Waals surface area contributed by atoms with Gasteiger partial charge in [-0.3, -0.25) is 0 Å². The zero-order valence-corrected chi connectivity index (χ0v) is 8.30. The van der Waals surface area contributed by atoms with Crippen LogP contribution >= 0.6 is 0 Å². The highest BCUT2D eigenvalue weighted by Gasteiger charge is 2.79. The van der Waals surface area contributed by atoms with Crippen LogP contribution in [0.2, 0.25) is 0 Å². The number of hydrogen-bond donors (Lipinski definition) is 0. The molecule has 0 radical (unpaired) electrons. The van der Waals surface area contributed by atoms with Crippen LogP contribution in [0.1, 0.15) is 19.3 Å². The van der Waals surface area contributed by atoms with Gasteiger partial charge in [0.15, 0.2) is 0 Å². The predicted molar refractivity (Wildman–Crippen MR) is 51.3 cm³/mol. The van der Waals surface area contributed by atoms with E-state index in [2.05, 4.69) is 0 Å². The molecule has 0 aromatic heterocycles. The summed E-state index contributed by atoms with van der Waals surface area (Å²) in [5.41, 5.74) is 0. The summed E-state index contributed by atoms with van der Waals surface area (Å²) in [6, 6.07) is 0. The SMILES string of the molecule is O=C[C@H]1C[C@@H]2[C@H]3[C@@H]4[C@H]5CC[C@H]5[C@@H]4[C@@H]3[C@@H]21. The van der Waals surface area contributed by atoms with Gasteiger partial charge in [0, 0.05) is 5.92 Å². The van der Waals surface area contributed by atoms with Gasteiger partial charge in [0.2, 0.25) is 0 Å². The van der Waals surface area contributed by atoms with E-state index in [0.717, 1.165) is 47.3 Å². The van der Waals surface area contributed by atoms with Crippen LogP contribution in [0.25, 0.3) is 0 Å². The average Bonchev–Trinajstić information content (AvgIpc) is 2.13. The molecule has 14 heavy (non-hydrogen) atoms. The molecule has 5 aliphatic carbocycles. The van der Waals surface area contributed by atoms with Crippen LogP contribution in [0.4, 0.5) is 0 Å². The van der Waals surface area contributed by atoms with E-state index in [1.54, 1.807) is 6.42 Å². The molecule has 5 fully saturated rings. The largest absolute Gasteiger partial charge is 0.303 e. The minimum Gasteiger partial charge on any atom is -0.303 e. The number of fused-ring (bicyclic) bond motifs is 10. The highest BCUT2D eigenvalue weighted by atomic mass is 16.1. The maximum absolute atomic E-state index is 10.8. The standard InChI is InChI=1S/C13H16O/c14-4-5-3-8-9(5)13-11-7-2-1-6(7)10(11)12(8)13/h4-13H,1-3H2/t5-,6+,7-,8+,9-,10-,11+,12+,13+/m1/s1. The van der Waals surface area contributed by atoms with Crippen LogP contribution in [-0.2, 0) is 4.79 Å². The molecule has 0 unspecified atom stereocenters. The lowest BCUT2D eigenvalue weighted by Gasteiger charge is -2.84. The Kier molecular flexibility index (Phi) is 0.921. The van der Waals surface area contributed by atoms with Crippen molar-refractivity contribution < 1.29 is 4.79 Å². The molecule has 0 aromatic rings. The molecule has 74 valence electrons. The molecule has 0 amide bonds. The molecule has 9 atom stereocenters. The van der Waals surface area contributed by atoms with Crippen LogP contribution in [0.15, 0.2) is 0 Å². The number of hydrogen-bond acceptors (Lipinski definition) is 1. The first kappa shape index (κ1) is 7.03. The summed E-state index contributed by atoms with van der Waals surface area (Å²) in [7, 11) is 0. The summed E-state index contributed by atoms with van der Waals surface area (Å²) in [6.07, 6.45) is 5.58. The Morgan fingerprint density at radius 3 is 2.07 bits per heavy atom. The molecule has 1 heteroatoms. The molecular weight excluding hydrogens is 172 g/mol. The Labute approximate surface area is 84.3 Å². The van der Waals surface area contributed by atoms with E-state index >= 15 is 0 Å². The van der Waals surface area contributed by atoms with Gasteiger partial charge in [-0.1, -0.05) is 0 Å². The van der Waals surface area contributed by atoms with Crippen LogP contribution in [0, 0.1) is 53.3 Å². The molecule has 0 N–H and O–H groups in total. The second kappa shape index (κ2) is 1.83. The van der Waals surface area contributed by atoms with Gasteiger partial charge in [-0.05, 0) is 66.6 Å². The van der Waals surface area contributed by atoms with Crippen molar-refractivity contribution >= 4 is 6.29 Å². The lowest BCUT2D eigenvalue weighted by molar-refractivity contribution is -0.369. The molecule has 5 saturated carbocycles. The number of carbonyl (C=O) groups is 1. The summed E-state index contributed by atoms with van der Waals surface area (Å²) in [6.45, 7) is 0. The van der Waals surface area contributed by atoms with Gasteiger partial charge >= 0.3 is 0 Å². The van der Waals surface area contributed by atoms with Gasteiger partial charge in [0.1, 0.15) is 6.29 Å². The van der Waals surface area contributed by atoms with Crippen molar-refractivity contribution in [1.29, 1.82) is 0 Å². The first-order valence-corrected chi connectivity index (χ1v) is 6.37. The predicted octanol–water partition coefficient (Wildman–Crippen LogP) is 1.97. The molecular formula is C13H16O. The average molecular weight is 188 g/mol. The Morgan fingerprint density at radius 1 is 0.786 bits per heavy atom. The monoisotopic (exact) mass is 188 g/mol. The minimum atomic E-state index is 0.487. The Bertz CT molecular complexity index is 330. The van der Waals surface area contributed by atoms with E-state index in [9.17, 15) is 4.79 Å². The molecule has 0 aromatic carbocycles. The summed E-state index contributed by atoms with van der Waals surface area (Å²) in [4.78, 5) is 10.8. The van der Waals surface area contributed by atoms with Crippen molar-refractivity contribution in [3.05, 3.63) is 0 Å². The lowest BCUT2D eigenvalue weighted by atomic mass is 9.20. The quantitative estimate of drug-likeness (QED) is 0.454. The fourth-order valence-electron chi connectivity index (χ4n) is 6.20. The van der Waals surface area contributed by atoms with E-state index in [4.69, 9.17) is 0 Å².